The molecule has 0 saturated heterocycles. The number of carbonyl (C=O) groups excluding carboxylic acids is 2. The van der Waals surface area contributed by atoms with E-state index in [-0.39, 0.29) is 11.7 Å². The Bertz CT molecular complexity index is 1130. The van der Waals surface area contributed by atoms with Gasteiger partial charge in [-0.1, -0.05) is 30.3 Å². The molecule has 2 aromatic heterocycles. The second-order valence-corrected chi connectivity index (χ2v) is 6.15. The van der Waals surface area contributed by atoms with Gasteiger partial charge in [0.25, 0.3) is 5.91 Å². The van der Waals surface area contributed by atoms with Gasteiger partial charge in [-0.25, -0.2) is 0 Å². The van der Waals surface area contributed by atoms with Crippen molar-refractivity contribution < 1.29 is 14.0 Å². The number of aryl methyl sites for hydroxylation is 1. The van der Waals surface area contributed by atoms with Crippen LogP contribution in [0, 0.1) is 6.92 Å². The molecule has 4 rings (SSSR count). The van der Waals surface area contributed by atoms with Crippen LogP contribution < -0.4 is 5.32 Å². The topological polar surface area (TPSA) is 72.2 Å². The van der Waals surface area contributed by atoms with Crippen molar-refractivity contribution >= 4 is 28.3 Å². The molecule has 0 atom stereocenters. The second-order valence-electron chi connectivity index (χ2n) is 6.15. The lowest BCUT2D eigenvalue weighted by Crippen LogP contribution is -2.11. The molecule has 27 heavy (non-hydrogen) atoms. The minimum absolute atomic E-state index is 0.160. The van der Waals surface area contributed by atoms with Crippen LogP contribution in [0.2, 0.25) is 0 Å². The quantitative estimate of drug-likeness (QED) is 0.542. The number of hydrogen-bond acceptors (Lipinski definition) is 4. The van der Waals surface area contributed by atoms with Gasteiger partial charge in [0, 0.05) is 46.2 Å². The predicted molar refractivity (Wildman–Crippen MR) is 103 cm³/mol. The highest BCUT2D eigenvalue weighted by molar-refractivity contribution is 6.11. The van der Waals surface area contributed by atoms with Crippen molar-refractivity contribution in [1.82, 2.24) is 4.98 Å². The smallest absolute Gasteiger partial charge is 0.255 e. The van der Waals surface area contributed by atoms with E-state index in [0.717, 1.165) is 10.9 Å². The highest BCUT2D eigenvalue weighted by Crippen LogP contribution is 2.29. The summed E-state index contributed by atoms with van der Waals surface area (Å²) in [4.78, 5) is 28.9. The summed E-state index contributed by atoms with van der Waals surface area (Å²) in [5.74, 6) is -0.0823. The first-order valence-corrected chi connectivity index (χ1v) is 8.48. The molecule has 0 aliphatic heterocycles. The van der Waals surface area contributed by atoms with Crippen molar-refractivity contribution in [2.75, 3.05) is 5.32 Å². The van der Waals surface area contributed by atoms with Gasteiger partial charge in [0.2, 0.25) is 5.78 Å². The summed E-state index contributed by atoms with van der Waals surface area (Å²) < 4.78 is 5.83. The van der Waals surface area contributed by atoms with Gasteiger partial charge in [-0.15, -0.1) is 0 Å². The largest absolute Gasteiger partial charge is 0.452 e. The van der Waals surface area contributed by atoms with Crippen LogP contribution in [0.1, 0.15) is 32.0 Å². The third-order valence-electron chi connectivity index (χ3n) is 4.38. The van der Waals surface area contributed by atoms with E-state index < -0.39 is 0 Å². The maximum absolute atomic E-state index is 12.7. The number of pyridine rings is 1. The third-order valence-corrected chi connectivity index (χ3v) is 4.38. The van der Waals surface area contributed by atoms with E-state index in [1.165, 1.54) is 0 Å². The van der Waals surface area contributed by atoms with Crippen LogP contribution >= 0.6 is 0 Å². The number of rotatable bonds is 4. The summed E-state index contributed by atoms with van der Waals surface area (Å²) in [6, 6.07) is 17.7. The zero-order valence-corrected chi connectivity index (χ0v) is 14.6. The lowest BCUT2D eigenvalue weighted by atomic mass is 10.0. The van der Waals surface area contributed by atoms with Gasteiger partial charge in [0.05, 0.1) is 0 Å². The van der Waals surface area contributed by atoms with Crippen molar-refractivity contribution in [3.8, 4) is 0 Å². The maximum atomic E-state index is 12.7. The van der Waals surface area contributed by atoms with Crippen LogP contribution in [0.5, 0.6) is 0 Å². The Balaban J connectivity index is 1.65. The van der Waals surface area contributed by atoms with Crippen molar-refractivity contribution in [3.63, 3.8) is 0 Å². The third kappa shape index (κ3) is 3.22. The summed E-state index contributed by atoms with van der Waals surface area (Å²) >= 11 is 0. The van der Waals surface area contributed by atoms with Crippen LogP contribution in [0.25, 0.3) is 11.0 Å². The molecule has 0 aliphatic carbocycles. The Morgan fingerprint density at radius 2 is 1.67 bits per heavy atom. The molecule has 4 aromatic rings. The predicted octanol–water partition coefficient (Wildman–Crippen LogP) is 4.62. The lowest BCUT2D eigenvalue weighted by molar-refractivity contribution is 0.101. The van der Waals surface area contributed by atoms with Gasteiger partial charge in [0.1, 0.15) is 5.58 Å². The number of hydrogen-bond donors (Lipinski definition) is 1. The maximum Gasteiger partial charge on any atom is 0.255 e. The van der Waals surface area contributed by atoms with Crippen LogP contribution in [-0.2, 0) is 0 Å². The molecule has 1 N–H and O–H groups in total. The SMILES string of the molecule is Cc1c(C(=O)c2ccccc2)oc2cc(NC(=O)c3ccncc3)ccc12. The Morgan fingerprint density at radius 1 is 0.926 bits per heavy atom. The van der Waals surface area contributed by atoms with Crippen LogP contribution in [0.3, 0.4) is 0 Å². The van der Waals surface area contributed by atoms with Gasteiger partial charge in [-0.2, -0.15) is 0 Å². The molecule has 132 valence electrons. The fraction of sp³-hybridized carbons (Fsp3) is 0.0455. The number of fused-ring (bicyclic) bond motifs is 1. The van der Waals surface area contributed by atoms with Crippen LogP contribution in [0.4, 0.5) is 5.69 Å². The summed E-state index contributed by atoms with van der Waals surface area (Å²) in [7, 11) is 0. The molecule has 0 bridgehead atoms. The van der Waals surface area contributed by atoms with E-state index >= 15 is 0 Å². The van der Waals surface area contributed by atoms with Crippen molar-refractivity contribution in [3.05, 3.63) is 95.5 Å². The molecule has 5 nitrogen and oxygen atoms in total. The second kappa shape index (κ2) is 6.88. The van der Waals surface area contributed by atoms with Crippen molar-refractivity contribution in [2.24, 2.45) is 0 Å². The number of carbonyl (C=O) groups is 2. The van der Waals surface area contributed by atoms with Gasteiger partial charge < -0.3 is 9.73 Å². The molecule has 0 aliphatic rings. The first-order chi connectivity index (χ1) is 13.1. The molecule has 0 unspecified atom stereocenters. The fourth-order valence-corrected chi connectivity index (χ4v) is 2.95. The monoisotopic (exact) mass is 356 g/mol. The normalized spacial score (nSPS) is 10.7. The zero-order chi connectivity index (χ0) is 18.8. The van der Waals surface area contributed by atoms with E-state index in [9.17, 15) is 9.59 Å². The molecule has 5 heteroatoms. The number of anilines is 1. The molecular weight excluding hydrogens is 340 g/mol. The van der Waals surface area contributed by atoms with E-state index in [4.69, 9.17) is 4.42 Å². The number of ketones is 1. The Morgan fingerprint density at radius 3 is 2.41 bits per heavy atom. The average Bonchev–Trinajstić information content (AvgIpc) is 3.04. The fourth-order valence-electron chi connectivity index (χ4n) is 2.95. The van der Waals surface area contributed by atoms with Gasteiger partial charge in [0.15, 0.2) is 5.76 Å². The molecule has 0 radical (unpaired) electrons. The lowest BCUT2D eigenvalue weighted by Gasteiger charge is -2.04. The molecule has 0 spiro atoms. The number of amides is 1. The number of nitrogens with one attached hydrogen (secondary N) is 1. The average molecular weight is 356 g/mol. The first kappa shape index (κ1) is 16.7. The Hall–Kier alpha value is -3.73. The standard InChI is InChI=1S/C22H16N2O3/c1-14-18-8-7-17(24-22(26)16-9-11-23-12-10-16)13-19(18)27-21(14)20(25)15-5-3-2-4-6-15/h2-13H,1H3,(H,24,26). The summed E-state index contributed by atoms with van der Waals surface area (Å²) in [5.41, 5.74) is 3.02. The molecule has 0 fully saturated rings. The van der Waals surface area contributed by atoms with Crippen LogP contribution in [0.15, 0.2) is 77.5 Å². The molecular formula is C22H16N2O3. The minimum atomic E-state index is -0.236. The molecule has 0 saturated carbocycles. The first-order valence-electron chi connectivity index (χ1n) is 8.48. The highest BCUT2D eigenvalue weighted by atomic mass is 16.3. The van der Waals surface area contributed by atoms with E-state index in [0.29, 0.717) is 28.2 Å². The van der Waals surface area contributed by atoms with Crippen LogP contribution in [-0.4, -0.2) is 16.7 Å². The van der Waals surface area contributed by atoms with Crippen molar-refractivity contribution in [1.29, 1.82) is 0 Å². The number of furan rings is 1. The summed E-state index contributed by atoms with van der Waals surface area (Å²) in [6.07, 6.45) is 3.13. The zero-order valence-electron chi connectivity index (χ0n) is 14.6. The Labute approximate surface area is 155 Å². The van der Waals surface area contributed by atoms with Crippen molar-refractivity contribution in [2.45, 2.75) is 6.92 Å². The molecule has 2 heterocycles. The minimum Gasteiger partial charge on any atom is -0.452 e. The molecule has 2 aromatic carbocycles. The van der Waals surface area contributed by atoms with E-state index in [2.05, 4.69) is 10.3 Å². The number of benzene rings is 2. The van der Waals surface area contributed by atoms with E-state index in [1.807, 2.05) is 31.2 Å². The Kier molecular flexibility index (Phi) is 4.26. The van der Waals surface area contributed by atoms with Gasteiger partial charge in [-0.3, -0.25) is 14.6 Å². The highest BCUT2D eigenvalue weighted by Gasteiger charge is 2.19. The number of nitrogens with zero attached hydrogens (tertiary/aromatic N) is 1. The van der Waals surface area contributed by atoms with Gasteiger partial charge >= 0.3 is 0 Å². The number of aromatic nitrogens is 1. The summed E-state index contributed by atoms with van der Waals surface area (Å²) in [6.45, 7) is 1.86. The van der Waals surface area contributed by atoms with E-state index in [1.54, 1.807) is 48.8 Å². The summed E-state index contributed by atoms with van der Waals surface area (Å²) in [5, 5.41) is 3.67. The molecule has 1 amide bonds. The van der Waals surface area contributed by atoms with Gasteiger partial charge in [-0.05, 0) is 31.2 Å².